The first-order chi connectivity index (χ1) is 9.25. The summed E-state index contributed by atoms with van der Waals surface area (Å²) < 4.78 is 25.1. The lowest BCUT2D eigenvalue weighted by Gasteiger charge is -2.25. The highest BCUT2D eigenvalue weighted by molar-refractivity contribution is 7.88. The first kappa shape index (κ1) is 15.0. The van der Waals surface area contributed by atoms with Crippen LogP contribution in [0.25, 0.3) is 10.9 Å². The molecule has 1 aromatic heterocycles. The lowest BCUT2D eigenvalue weighted by atomic mass is 10.1. The van der Waals surface area contributed by atoms with Crippen LogP contribution in [0.1, 0.15) is 19.4 Å². The van der Waals surface area contributed by atoms with E-state index in [1.54, 1.807) is 0 Å². The van der Waals surface area contributed by atoms with E-state index in [4.69, 9.17) is 0 Å². The minimum atomic E-state index is -3.19. The van der Waals surface area contributed by atoms with E-state index in [9.17, 15) is 8.42 Å². The fourth-order valence-electron chi connectivity index (χ4n) is 2.27. The Balaban J connectivity index is 1.92. The first-order valence-corrected chi connectivity index (χ1v) is 8.40. The van der Waals surface area contributed by atoms with Gasteiger partial charge in [-0.1, -0.05) is 6.07 Å². The molecule has 0 fully saturated rings. The number of benzene rings is 1. The lowest BCUT2D eigenvalue weighted by Crippen LogP contribution is -2.49. The number of aromatic nitrogens is 1. The topological polar surface area (TPSA) is 74.0 Å². The Labute approximate surface area is 119 Å². The number of hydrogen-bond donors (Lipinski definition) is 3. The molecule has 5 nitrogen and oxygen atoms in total. The maximum absolute atomic E-state index is 11.3. The van der Waals surface area contributed by atoms with Crippen LogP contribution >= 0.6 is 0 Å². The predicted octanol–water partition coefficient (Wildman–Crippen LogP) is 1.59. The minimum Gasteiger partial charge on any atom is -0.361 e. The summed E-state index contributed by atoms with van der Waals surface area (Å²) in [6.07, 6.45) is 3.09. The monoisotopic (exact) mass is 295 g/mol. The molecule has 6 heteroatoms. The summed E-state index contributed by atoms with van der Waals surface area (Å²) in [5.74, 6) is 0. The van der Waals surface area contributed by atoms with E-state index in [1.165, 1.54) is 17.2 Å². The van der Waals surface area contributed by atoms with Crippen LogP contribution in [0.3, 0.4) is 0 Å². The van der Waals surface area contributed by atoms with Crippen molar-refractivity contribution in [2.45, 2.75) is 25.9 Å². The van der Waals surface area contributed by atoms with Crippen molar-refractivity contribution in [1.29, 1.82) is 0 Å². The maximum Gasteiger partial charge on any atom is 0.209 e. The molecule has 0 saturated carbocycles. The molecule has 1 heterocycles. The minimum absolute atomic E-state index is 0.508. The van der Waals surface area contributed by atoms with Gasteiger partial charge in [-0.3, -0.25) is 0 Å². The van der Waals surface area contributed by atoms with Crippen LogP contribution in [0.15, 0.2) is 30.5 Å². The van der Waals surface area contributed by atoms with E-state index in [0.29, 0.717) is 13.1 Å². The van der Waals surface area contributed by atoms with Gasteiger partial charge in [0.15, 0.2) is 0 Å². The average molecular weight is 295 g/mol. The van der Waals surface area contributed by atoms with Crippen molar-refractivity contribution >= 4 is 20.9 Å². The van der Waals surface area contributed by atoms with E-state index in [1.807, 2.05) is 32.2 Å². The van der Waals surface area contributed by atoms with Crippen LogP contribution in [0.2, 0.25) is 0 Å². The molecule has 0 amide bonds. The first-order valence-electron chi connectivity index (χ1n) is 6.51. The zero-order valence-electron chi connectivity index (χ0n) is 12.0. The van der Waals surface area contributed by atoms with Crippen molar-refractivity contribution < 1.29 is 8.42 Å². The number of H-pyrrole nitrogens is 1. The number of sulfonamides is 1. The molecule has 1 aromatic carbocycles. The Kier molecular flexibility index (Phi) is 4.17. The molecule has 0 unspecified atom stereocenters. The van der Waals surface area contributed by atoms with Crippen LogP contribution in [-0.2, 0) is 16.6 Å². The van der Waals surface area contributed by atoms with Crippen molar-refractivity contribution in [3.63, 3.8) is 0 Å². The number of hydrogen-bond acceptors (Lipinski definition) is 3. The van der Waals surface area contributed by atoms with Gasteiger partial charge in [-0.25, -0.2) is 13.1 Å². The van der Waals surface area contributed by atoms with Gasteiger partial charge in [0.1, 0.15) is 0 Å². The molecule has 0 bridgehead atoms. The second-order valence-electron chi connectivity index (χ2n) is 5.76. The summed E-state index contributed by atoms with van der Waals surface area (Å²) in [5.41, 5.74) is 1.78. The molecular weight excluding hydrogens is 274 g/mol. The van der Waals surface area contributed by atoms with E-state index >= 15 is 0 Å². The highest BCUT2D eigenvalue weighted by atomic mass is 32.2. The molecular formula is C14H21N3O2S. The van der Waals surface area contributed by atoms with Crippen LogP contribution in [-0.4, -0.2) is 31.7 Å². The summed E-state index contributed by atoms with van der Waals surface area (Å²) in [4.78, 5) is 3.16. The molecule has 110 valence electrons. The summed E-state index contributed by atoms with van der Waals surface area (Å²) in [6, 6.07) is 8.26. The van der Waals surface area contributed by atoms with Crippen molar-refractivity contribution in [1.82, 2.24) is 15.0 Å². The number of fused-ring (bicyclic) bond motifs is 1. The number of nitrogens with one attached hydrogen (secondary N) is 3. The quantitative estimate of drug-likeness (QED) is 0.757. The molecule has 3 N–H and O–H groups in total. The van der Waals surface area contributed by atoms with Gasteiger partial charge in [0, 0.05) is 30.3 Å². The number of rotatable bonds is 6. The molecule has 2 aromatic rings. The molecule has 0 spiro atoms. The normalized spacial score (nSPS) is 12.9. The summed E-state index contributed by atoms with van der Waals surface area (Å²) in [7, 11) is -3.19. The molecule has 0 aliphatic carbocycles. The molecule has 20 heavy (non-hydrogen) atoms. The Morgan fingerprint density at radius 1 is 1.25 bits per heavy atom. The average Bonchev–Trinajstić information content (AvgIpc) is 2.72. The molecule has 0 radical (unpaired) electrons. The van der Waals surface area contributed by atoms with Gasteiger partial charge in [0.05, 0.1) is 6.26 Å². The highest BCUT2D eigenvalue weighted by Crippen LogP contribution is 2.14. The van der Waals surface area contributed by atoms with Crippen LogP contribution in [0.5, 0.6) is 0 Å². The van der Waals surface area contributed by atoms with Crippen LogP contribution in [0.4, 0.5) is 0 Å². The van der Waals surface area contributed by atoms with E-state index in [0.717, 1.165) is 5.52 Å². The Morgan fingerprint density at radius 3 is 2.70 bits per heavy atom. The smallest absolute Gasteiger partial charge is 0.209 e. The van der Waals surface area contributed by atoms with Gasteiger partial charge in [-0.15, -0.1) is 0 Å². The zero-order chi connectivity index (χ0) is 14.8. The van der Waals surface area contributed by atoms with Gasteiger partial charge in [-0.05, 0) is 43.0 Å². The lowest BCUT2D eigenvalue weighted by molar-refractivity contribution is 0.421. The van der Waals surface area contributed by atoms with Gasteiger partial charge in [0.2, 0.25) is 10.0 Å². The maximum atomic E-state index is 11.3. The summed E-state index contributed by atoms with van der Waals surface area (Å²) in [5, 5.41) is 4.46. The Bertz CT molecular complexity index is 689. The summed E-state index contributed by atoms with van der Waals surface area (Å²) >= 11 is 0. The zero-order valence-corrected chi connectivity index (χ0v) is 12.8. The van der Waals surface area contributed by atoms with Crippen molar-refractivity contribution in [3.8, 4) is 0 Å². The van der Waals surface area contributed by atoms with Gasteiger partial charge >= 0.3 is 0 Å². The molecule has 0 aliphatic rings. The highest BCUT2D eigenvalue weighted by Gasteiger charge is 2.21. The Morgan fingerprint density at radius 2 is 2.00 bits per heavy atom. The van der Waals surface area contributed by atoms with E-state index < -0.39 is 15.6 Å². The largest absolute Gasteiger partial charge is 0.361 e. The SMILES string of the molecule is CC(C)(CNCc1ccc2[nH]ccc2c1)NS(C)(=O)=O. The number of aromatic amines is 1. The van der Waals surface area contributed by atoms with E-state index in [-0.39, 0.29) is 0 Å². The second-order valence-corrected chi connectivity index (χ2v) is 7.51. The van der Waals surface area contributed by atoms with Crippen molar-refractivity contribution in [2.75, 3.05) is 12.8 Å². The van der Waals surface area contributed by atoms with E-state index in [2.05, 4.69) is 27.2 Å². The molecule has 0 atom stereocenters. The molecule has 0 saturated heterocycles. The fraction of sp³-hybridized carbons (Fsp3) is 0.429. The Hall–Kier alpha value is -1.37. The molecule has 2 rings (SSSR count). The van der Waals surface area contributed by atoms with Crippen molar-refractivity contribution in [3.05, 3.63) is 36.0 Å². The fourth-order valence-corrected chi connectivity index (χ4v) is 3.35. The standard InChI is InChI=1S/C14H21N3O2S/c1-14(2,17-20(3,18)19)10-15-9-11-4-5-13-12(8-11)6-7-16-13/h4-8,15-17H,9-10H2,1-3H3. The summed E-state index contributed by atoms with van der Waals surface area (Å²) in [6.45, 7) is 4.98. The third kappa shape index (κ3) is 4.33. The third-order valence-corrected chi connectivity index (χ3v) is 3.90. The van der Waals surface area contributed by atoms with Gasteiger partial charge in [0.25, 0.3) is 0 Å². The van der Waals surface area contributed by atoms with Gasteiger partial charge in [-0.2, -0.15) is 0 Å². The van der Waals surface area contributed by atoms with Crippen LogP contribution < -0.4 is 10.0 Å². The van der Waals surface area contributed by atoms with Gasteiger partial charge < -0.3 is 10.3 Å². The third-order valence-electron chi connectivity index (χ3n) is 2.98. The van der Waals surface area contributed by atoms with Crippen LogP contribution in [0, 0.1) is 0 Å². The predicted molar refractivity (Wildman–Crippen MR) is 82.1 cm³/mol. The second kappa shape index (κ2) is 5.55. The van der Waals surface area contributed by atoms with Crippen molar-refractivity contribution in [2.24, 2.45) is 0 Å². The molecule has 0 aliphatic heterocycles.